The first-order valence-electron chi connectivity index (χ1n) is 9.05. The summed E-state index contributed by atoms with van der Waals surface area (Å²) in [5.74, 6) is -0.202. The van der Waals surface area contributed by atoms with Crippen LogP contribution < -0.4 is 11.1 Å². The Kier molecular flexibility index (Phi) is 4.89. The summed E-state index contributed by atoms with van der Waals surface area (Å²) < 4.78 is 28.6. The second kappa shape index (κ2) is 7.51. The Balaban J connectivity index is 1.80. The molecule has 150 valence electrons. The van der Waals surface area contributed by atoms with Gasteiger partial charge in [0, 0.05) is 30.4 Å². The third-order valence-electron chi connectivity index (χ3n) is 4.82. The third-order valence-corrected chi connectivity index (χ3v) is 4.82. The van der Waals surface area contributed by atoms with Crippen molar-refractivity contribution in [1.29, 1.82) is 0 Å². The maximum atomic E-state index is 13.5. The van der Waals surface area contributed by atoms with Crippen LogP contribution in [0, 0.1) is 11.6 Å². The number of hydrogen-bond acceptors (Lipinski definition) is 5. The van der Waals surface area contributed by atoms with Crippen molar-refractivity contribution in [2.45, 2.75) is 13.1 Å². The first-order chi connectivity index (χ1) is 14.0. The predicted molar refractivity (Wildman–Crippen MR) is 103 cm³/mol. The molecule has 0 fully saturated rings. The van der Waals surface area contributed by atoms with Crippen LogP contribution in [0.2, 0.25) is 0 Å². The molecule has 29 heavy (non-hydrogen) atoms. The summed E-state index contributed by atoms with van der Waals surface area (Å²) in [5.41, 5.74) is 6.84. The van der Waals surface area contributed by atoms with E-state index in [4.69, 9.17) is 5.73 Å². The highest BCUT2D eigenvalue weighted by atomic mass is 19.1. The number of aromatic nitrogens is 2. The summed E-state index contributed by atoms with van der Waals surface area (Å²) in [6.07, 6.45) is 0. The minimum absolute atomic E-state index is 0.0903. The number of fused-ring (bicyclic) bond motifs is 1. The fraction of sp³-hybridized carbons (Fsp3) is 0.200. The van der Waals surface area contributed by atoms with Gasteiger partial charge in [-0.15, -0.1) is 0 Å². The minimum atomic E-state index is -0.567. The van der Waals surface area contributed by atoms with Gasteiger partial charge in [-0.05, 0) is 36.4 Å². The molecule has 0 saturated carbocycles. The zero-order chi connectivity index (χ0) is 20.5. The molecule has 2 heterocycles. The van der Waals surface area contributed by atoms with Gasteiger partial charge in [0.15, 0.2) is 0 Å². The average molecular weight is 399 g/mol. The van der Waals surface area contributed by atoms with E-state index in [1.165, 1.54) is 24.3 Å². The molecule has 7 nitrogen and oxygen atoms in total. The normalized spacial score (nSPS) is 13.3. The SMILES string of the molecule is NCC(=O)N1CCn2c(nc(-c3ccc(F)cc3O)c2Nc2ccc(F)cc2)C1. The number of hydrogen-bond donors (Lipinski definition) is 3. The van der Waals surface area contributed by atoms with Gasteiger partial charge >= 0.3 is 0 Å². The van der Waals surface area contributed by atoms with Crippen LogP contribution >= 0.6 is 0 Å². The molecule has 0 radical (unpaired) electrons. The van der Waals surface area contributed by atoms with Crippen molar-refractivity contribution >= 4 is 17.4 Å². The smallest absolute Gasteiger partial charge is 0.236 e. The molecule has 3 aromatic rings. The Morgan fingerprint density at radius 3 is 2.55 bits per heavy atom. The quantitative estimate of drug-likeness (QED) is 0.627. The van der Waals surface area contributed by atoms with E-state index in [1.807, 2.05) is 4.57 Å². The van der Waals surface area contributed by atoms with Gasteiger partial charge in [0.25, 0.3) is 0 Å². The Morgan fingerprint density at radius 2 is 1.86 bits per heavy atom. The summed E-state index contributed by atoms with van der Waals surface area (Å²) in [4.78, 5) is 18.2. The number of phenols is 1. The largest absolute Gasteiger partial charge is 0.507 e. The van der Waals surface area contributed by atoms with Crippen molar-refractivity contribution in [3.8, 4) is 17.0 Å². The molecule has 0 spiro atoms. The Hall–Kier alpha value is -3.46. The summed E-state index contributed by atoms with van der Waals surface area (Å²) in [7, 11) is 0. The lowest BCUT2D eigenvalue weighted by Crippen LogP contribution is -2.41. The van der Waals surface area contributed by atoms with Crippen molar-refractivity contribution in [2.75, 3.05) is 18.4 Å². The van der Waals surface area contributed by atoms with Crippen LogP contribution in [0.3, 0.4) is 0 Å². The zero-order valence-electron chi connectivity index (χ0n) is 15.4. The van der Waals surface area contributed by atoms with E-state index < -0.39 is 5.82 Å². The Bertz CT molecular complexity index is 1070. The highest BCUT2D eigenvalue weighted by Crippen LogP contribution is 2.37. The highest BCUT2D eigenvalue weighted by Gasteiger charge is 2.27. The number of benzene rings is 2. The second-order valence-electron chi connectivity index (χ2n) is 6.69. The van der Waals surface area contributed by atoms with Gasteiger partial charge in [-0.2, -0.15) is 0 Å². The molecule has 2 aromatic carbocycles. The fourth-order valence-electron chi connectivity index (χ4n) is 3.36. The number of carbonyl (C=O) groups is 1. The van der Waals surface area contributed by atoms with Crippen LogP contribution in [0.4, 0.5) is 20.3 Å². The molecule has 0 saturated heterocycles. The Labute approximate surface area is 165 Å². The number of imidazole rings is 1. The van der Waals surface area contributed by atoms with E-state index in [9.17, 15) is 18.7 Å². The number of phenolic OH excluding ortho intramolecular Hbond substituents is 1. The molecule has 1 amide bonds. The maximum absolute atomic E-state index is 13.5. The monoisotopic (exact) mass is 399 g/mol. The van der Waals surface area contributed by atoms with Crippen LogP contribution in [0.25, 0.3) is 11.3 Å². The lowest BCUT2D eigenvalue weighted by molar-refractivity contribution is -0.131. The molecule has 0 unspecified atom stereocenters. The lowest BCUT2D eigenvalue weighted by Gasteiger charge is -2.28. The molecule has 4 rings (SSSR count). The zero-order valence-corrected chi connectivity index (χ0v) is 15.4. The first-order valence-corrected chi connectivity index (χ1v) is 9.05. The van der Waals surface area contributed by atoms with Crippen molar-refractivity contribution < 1.29 is 18.7 Å². The number of carbonyl (C=O) groups excluding carboxylic acids is 1. The van der Waals surface area contributed by atoms with E-state index in [-0.39, 0.29) is 30.6 Å². The number of nitrogens with one attached hydrogen (secondary N) is 1. The molecule has 1 aliphatic heterocycles. The number of aromatic hydroxyl groups is 1. The predicted octanol–water partition coefficient (Wildman–Crippen LogP) is 2.58. The van der Waals surface area contributed by atoms with Gasteiger partial charge in [-0.1, -0.05) is 0 Å². The number of nitrogens with zero attached hydrogens (tertiary/aromatic N) is 3. The summed E-state index contributed by atoms with van der Waals surface area (Å²) in [6.45, 7) is 1.08. The molecule has 0 bridgehead atoms. The molecule has 9 heteroatoms. The first kappa shape index (κ1) is 18.9. The van der Waals surface area contributed by atoms with Crippen molar-refractivity contribution in [3.63, 3.8) is 0 Å². The van der Waals surface area contributed by atoms with Crippen molar-refractivity contribution in [2.24, 2.45) is 5.73 Å². The van der Waals surface area contributed by atoms with Crippen molar-refractivity contribution in [3.05, 3.63) is 59.9 Å². The molecule has 0 aliphatic carbocycles. The van der Waals surface area contributed by atoms with Crippen LogP contribution in [-0.4, -0.2) is 38.6 Å². The van der Waals surface area contributed by atoms with Gasteiger partial charge in [0.1, 0.15) is 34.7 Å². The summed E-state index contributed by atoms with van der Waals surface area (Å²) in [5, 5.41) is 13.5. The molecule has 1 aliphatic rings. The topological polar surface area (TPSA) is 96.4 Å². The maximum Gasteiger partial charge on any atom is 0.236 e. The summed E-state index contributed by atoms with van der Waals surface area (Å²) >= 11 is 0. The van der Waals surface area contributed by atoms with Crippen LogP contribution in [-0.2, 0) is 17.9 Å². The van der Waals surface area contributed by atoms with Gasteiger partial charge in [-0.3, -0.25) is 4.79 Å². The van der Waals surface area contributed by atoms with Gasteiger partial charge < -0.3 is 25.6 Å². The molecular weight excluding hydrogens is 380 g/mol. The van der Waals surface area contributed by atoms with E-state index in [0.29, 0.717) is 41.7 Å². The molecule has 1 aromatic heterocycles. The van der Waals surface area contributed by atoms with E-state index in [0.717, 1.165) is 6.07 Å². The fourth-order valence-corrected chi connectivity index (χ4v) is 3.36. The van der Waals surface area contributed by atoms with E-state index in [1.54, 1.807) is 17.0 Å². The highest BCUT2D eigenvalue weighted by molar-refractivity contribution is 5.81. The van der Waals surface area contributed by atoms with Gasteiger partial charge in [-0.25, -0.2) is 13.8 Å². The number of anilines is 2. The van der Waals surface area contributed by atoms with Crippen molar-refractivity contribution in [1.82, 2.24) is 14.5 Å². The average Bonchev–Trinajstić information content (AvgIpc) is 3.06. The number of rotatable bonds is 4. The number of halogens is 2. The minimum Gasteiger partial charge on any atom is -0.507 e. The second-order valence-corrected chi connectivity index (χ2v) is 6.69. The number of nitrogens with two attached hydrogens (primary N) is 1. The number of amides is 1. The molecule has 4 N–H and O–H groups in total. The standard InChI is InChI=1S/C20H19F2N5O2/c21-12-1-4-14(5-2-12)24-20-19(15-6-3-13(22)9-16(15)28)25-17-11-26(18(29)10-23)7-8-27(17)20/h1-6,9,24,28H,7-8,10-11,23H2. The van der Waals surface area contributed by atoms with E-state index in [2.05, 4.69) is 10.3 Å². The van der Waals surface area contributed by atoms with Crippen LogP contribution in [0.1, 0.15) is 5.82 Å². The van der Waals surface area contributed by atoms with Gasteiger partial charge in [0.05, 0.1) is 13.1 Å². The van der Waals surface area contributed by atoms with Crippen LogP contribution in [0.5, 0.6) is 5.75 Å². The lowest BCUT2D eigenvalue weighted by atomic mass is 10.1. The van der Waals surface area contributed by atoms with E-state index >= 15 is 0 Å². The molecular formula is C20H19F2N5O2. The molecule has 0 atom stereocenters. The Morgan fingerprint density at radius 1 is 1.14 bits per heavy atom. The summed E-state index contributed by atoms with van der Waals surface area (Å²) in [6, 6.07) is 9.50. The third kappa shape index (κ3) is 3.64. The van der Waals surface area contributed by atoms with Crippen LogP contribution in [0.15, 0.2) is 42.5 Å². The van der Waals surface area contributed by atoms with Gasteiger partial charge in [0.2, 0.25) is 5.91 Å².